The second kappa shape index (κ2) is 7.77. The fourth-order valence-corrected chi connectivity index (χ4v) is 2.11. The Kier molecular flexibility index (Phi) is 6.35. The van der Waals surface area contributed by atoms with E-state index < -0.39 is 0 Å². The number of Topliss-reactive ketones (excluding diaryl/α,β-unsaturated/α-hetero) is 1. The molecule has 1 aromatic rings. The maximum absolute atomic E-state index is 12.1. The lowest BCUT2D eigenvalue weighted by molar-refractivity contribution is 0.0949. The van der Waals surface area contributed by atoms with Gasteiger partial charge in [-0.25, -0.2) is 0 Å². The molecule has 4 N–H and O–H groups in total. The molecule has 110 valence electrons. The van der Waals surface area contributed by atoms with Gasteiger partial charge in [-0.3, -0.25) is 9.59 Å². The molecule has 1 aromatic carbocycles. The summed E-state index contributed by atoms with van der Waals surface area (Å²) in [5, 5.41) is 5.79. The zero-order chi connectivity index (χ0) is 15.1. The van der Waals surface area contributed by atoms with Gasteiger partial charge < -0.3 is 16.4 Å². The number of ketones is 1. The summed E-state index contributed by atoms with van der Waals surface area (Å²) in [5.41, 5.74) is 8.49. The van der Waals surface area contributed by atoms with Crippen LogP contribution >= 0.6 is 0 Å². The average Bonchev–Trinajstić information content (AvgIpc) is 2.46. The first-order chi connectivity index (χ1) is 9.56. The first-order valence-corrected chi connectivity index (χ1v) is 6.85. The van der Waals surface area contributed by atoms with Crippen LogP contribution in [0.2, 0.25) is 0 Å². The molecule has 0 unspecified atom stereocenters. The molecule has 0 aliphatic rings. The molecule has 0 atom stereocenters. The van der Waals surface area contributed by atoms with Gasteiger partial charge in [0.25, 0.3) is 5.91 Å². The lowest BCUT2D eigenvalue weighted by atomic mass is 9.93. The van der Waals surface area contributed by atoms with E-state index in [0.717, 1.165) is 11.1 Å². The monoisotopic (exact) mass is 277 g/mol. The molecule has 0 aliphatic heterocycles. The molecule has 0 aliphatic carbocycles. The van der Waals surface area contributed by atoms with Crippen molar-refractivity contribution in [2.24, 2.45) is 5.73 Å². The van der Waals surface area contributed by atoms with Crippen LogP contribution in [0.4, 0.5) is 0 Å². The summed E-state index contributed by atoms with van der Waals surface area (Å²) in [6, 6.07) is 3.40. The van der Waals surface area contributed by atoms with Gasteiger partial charge in [-0.05, 0) is 31.2 Å². The SMILES string of the molecule is CCC(=O)c1ccc(C(=O)NCCNC)c(C)c1CN. The molecule has 5 heteroatoms. The Morgan fingerprint density at radius 2 is 1.85 bits per heavy atom. The van der Waals surface area contributed by atoms with Crippen molar-refractivity contribution in [3.05, 3.63) is 34.4 Å². The van der Waals surface area contributed by atoms with E-state index in [0.29, 0.717) is 30.6 Å². The summed E-state index contributed by atoms with van der Waals surface area (Å²) >= 11 is 0. The topological polar surface area (TPSA) is 84.2 Å². The van der Waals surface area contributed by atoms with Crippen LogP contribution in [0.15, 0.2) is 12.1 Å². The minimum atomic E-state index is -0.136. The molecule has 0 heterocycles. The molecular weight excluding hydrogens is 254 g/mol. The highest BCUT2D eigenvalue weighted by molar-refractivity contribution is 6.01. The smallest absolute Gasteiger partial charge is 0.251 e. The van der Waals surface area contributed by atoms with Crippen LogP contribution in [-0.4, -0.2) is 31.8 Å². The van der Waals surface area contributed by atoms with Gasteiger partial charge in [0.2, 0.25) is 0 Å². The van der Waals surface area contributed by atoms with E-state index in [9.17, 15) is 9.59 Å². The highest BCUT2D eigenvalue weighted by atomic mass is 16.1. The van der Waals surface area contributed by atoms with Crippen molar-refractivity contribution in [3.8, 4) is 0 Å². The fourth-order valence-electron chi connectivity index (χ4n) is 2.11. The summed E-state index contributed by atoms with van der Waals surface area (Å²) in [6.45, 7) is 5.17. The Bertz CT molecular complexity index is 498. The minimum absolute atomic E-state index is 0.0516. The molecule has 0 radical (unpaired) electrons. The quantitative estimate of drug-likeness (QED) is 0.513. The van der Waals surface area contributed by atoms with Crippen LogP contribution in [0.5, 0.6) is 0 Å². The van der Waals surface area contributed by atoms with Crippen LogP contribution in [0.3, 0.4) is 0 Å². The van der Waals surface area contributed by atoms with E-state index in [2.05, 4.69) is 10.6 Å². The number of rotatable bonds is 7. The van der Waals surface area contributed by atoms with Crippen LogP contribution in [0.1, 0.15) is 45.2 Å². The Balaban J connectivity index is 3.06. The van der Waals surface area contributed by atoms with E-state index >= 15 is 0 Å². The molecule has 5 nitrogen and oxygen atoms in total. The number of carbonyl (C=O) groups excluding carboxylic acids is 2. The zero-order valence-electron chi connectivity index (χ0n) is 12.4. The maximum Gasteiger partial charge on any atom is 0.251 e. The molecule has 0 spiro atoms. The molecular formula is C15H23N3O2. The van der Waals surface area contributed by atoms with Crippen molar-refractivity contribution in [1.29, 1.82) is 0 Å². The maximum atomic E-state index is 12.1. The van der Waals surface area contributed by atoms with Gasteiger partial charge in [0.05, 0.1) is 0 Å². The standard InChI is InChI=1S/C15H23N3O2/c1-4-14(19)12-6-5-11(10(2)13(12)9-16)15(20)18-8-7-17-3/h5-6,17H,4,7-9,16H2,1-3H3,(H,18,20). The third kappa shape index (κ3) is 3.65. The molecule has 1 amide bonds. The number of likely N-dealkylation sites (N-methyl/N-ethyl adjacent to an activating group) is 1. The number of hydrogen-bond acceptors (Lipinski definition) is 4. The molecule has 0 fully saturated rings. The summed E-state index contributed by atoms with van der Waals surface area (Å²) < 4.78 is 0. The van der Waals surface area contributed by atoms with Crippen molar-refractivity contribution in [1.82, 2.24) is 10.6 Å². The second-order valence-corrected chi connectivity index (χ2v) is 4.60. The molecule has 0 aromatic heterocycles. The Labute approximate surface area is 119 Å². The fraction of sp³-hybridized carbons (Fsp3) is 0.467. The predicted octanol–water partition coefficient (Wildman–Crippen LogP) is 0.996. The molecule has 0 bridgehead atoms. The lowest BCUT2D eigenvalue weighted by Gasteiger charge is -2.14. The molecule has 20 heavy (non-hydrogen) atoms. The van der Waals surface area contributed by atoms with Crippen LogP contribution in [0, 0.1) is 6.92 Å². The van der Waals surface area contributed by atoms with Gasteiger partial charge in [-0.1, -0.05) is 13.0 Å². The summed E-state index contributed by atoms with van der Waals surface area (Å²) in [7, 11) is 1.83. The van der Waals surface area contributed by atoms with E-state index in [1.54, 1.807) is 12.1 Å². The predicted molar refractivity (Wildman–Crippen MR) is 80.0 cm³/mol. The lowest BCUT2D eigenvalue weighted by Crippen LogP contribution is -2.31. The van der Waals surface area contributed by atoms with Gasteiger partial charge >= 0.3 is 0 Å². The third-order valence-electron chi connectivity index (χ3n) is 3.33. The number of nitrogens with one attached hydrogen (secondary N) is 2. The first-order valence-electron chi connectivity index (χ1n) is 6.85. The summed E-state index contributed by atoms with van der Waals surface area (Å²) in [5.74, 6) is -0.0846. The third-order valence-corrected chi connectivity index (χ3v) is 3.33. The summed E-state index contributed by atoms with van der Waals surface area (Å²) in [4.78, 5) is 24.0. The van der Waals surface area contributed by atoms with Crippen LogP contribution in [-0.2, 0) is 6.54 Å². The Morgan fingerprint density at radius 1 is 1.20 bits per heavy atom. The van der Waals surface area contributed by atoms with Crippen LogP contribution < -0.4 is 16.4 Å². The van der Waals surface area contributed by atoms with Crippen molar-refractivity contribution in [2.75, 3.05) is 20.1 Å². The van der Waals surface area contributed by atoms with E-state index in [1.165, 1.54) is 0 Å². The average molecular weight is 277 g/mol. The molecule has 0 saturated carbocycles. The van der Waals surface area contributed by atoms with Crippen molar-refractivity contribution < 1.29 is 9.59 Å². The van der Waals surface area contributed by atoms with Crippen molar-refractivity contribution in [2.45, 2.75) is 26.8 Å². The van der Waals surface area contributed by atoms with Crippen LogP contribution in [0.25, 0.3) is 0 Å². The van der Waals surface area contributed by atoms with Gasteiger partial charge in [-0.2, -0.15) is 0 Å². The number of benzene rings is 1. The van der Waals surface area contributed by atoms with Crippen molar-refractivity contribution >= 4 is 11.7 Å². The van der Waals surface area contributed by atoms with E-state index in [4.69, 9.17) is 5.73 Å². The Hall–Kier alpha value is -1.72. The Morgan fingerprint density at radius 3 is 2.40 bits per heavy atom. The number of carbonyl (C=O) groups is 2. The molecule has 1 rings (SSSR count). The number of amides is 1. The van der Waals surface area contributed by atoms with E-state index in [-0.39, 0.29) is 18.2 Å². The number of nitrogens with two attached hydrogens (primary N) is 1. The van der Waals surface area contributed by atoms with E-state index in [1.807, 2.05) is 20.9 Å². The highest BCUT2D eigenvalue weighted by Gasteiger charge is 2.16. The molecule has 0 saturated heterocycles. The second-order valence-electron chi connectivity index (χ2n) is 4.60. The minimum Gasteiger partial charge on any atom is -0.351 e. The van der Waals surface area contributed by atoms with Crippen molar-refractivity contribution in [3.63, 3.8) is 0 Å². The first kappa shape index (κ1) is 16.3. The zero-order valence-corrected chi connectivity index (χ0v) is 12.4. The normalized spacial score (nSPS) is 10.4. The summed E-state index contributed by atoms with van der Waals surface area (Å²) in [6.07, 6.45) is 0.431. The largest absolute Gasteiger partial charge is 0.351 e. The highest BCUT2D eigenvalue weighted by Crippen LogP contribution is 2.20. The van der Waals surface area contributed by atoms with Gasteiger partial charge in [0.1, 0.15) is 0 Å². The van der Waals surface area contributed by atoms with Gasteiger partial charge in [-0.15, -0.1) is 0 Å². The van der Waals surface area contributed by atoms with Gasteiger partial charge in [0.15, 0.2) is 5.78 Å². The number of hydrogen-bond donors (Lipinski definition) is 3. The van der Waals surface area contributed by atoms with Gasteiger partial charge in [0, 0.05) is 37.2 Å².